The molecule has 2 heterocycles. The number of benzene rings is 1. The van der Waals surface area contributed by atoms with Gasteiger partial charge in [-0.25, -0.2) is 0 Å². The van der Waals surface area contributed by atoms with Gasteiger partial charge in [0, 0.05) is 38.1 Å². The second-order valence-corrected chi connectivity index (χ2v) is 5.80. The average molecular weight is 288 g/mol. The van der Waals surface area contributed by atoms with Gasteiger partial charge in [0.15, 0.2) is 0 Å². The fourth-order valence-corrected chi connectivity index (χ4v) is 2.97. The molecule has 5 heteroatoms. The highest BCUT2D eigenvalue weighted by Crippen LogP contribution is 2.21. The van der Waals surface area contributed by atoms with Crippen LogP contribution in [0.1, 0.15) is 25.0 Å². The number of hydrogen-bond acceptors (Lipinski definition) is 4. The number of fused-ring (bicyclic) bond motifs is 1. The van der Waals surface area contributed by atoms with Crippen LogP contribution in [0.25, 0.3) is 10.9 Å². The highest BCUT2D eigenvalue weighted by molar-refractivity contribution is 5.78. The second-order valence-electron chi connectivity index (χ2n) is 5.80. The molecule has 0 bridgehead atoms. The SMILES string of the molecule is CCN1CCN(CCC(O)c2ccc3[nH]ncc3c2)CC1. The van der Waals surface area contributed by atoms with Crippen molar-refractivity contribution in [3.63, 3.8) is 0 Å². The van der Waals surface area contributed by atoms with Gasteiger partial charge in [0.2, 0.25) is 0 Å². The largest absolute Gasteiger partial charge is 0.388 e. The maximum Gasteiger partial charge on any atom is 0.0802 e. The molecule has 0 amide bonds. The van der Waals surface area contributed by atoms with E-state index in [4.69, 9.17) is 0 Å². The Morgan fingerprint density at radius 1 is 1.24 bits per heavy atom. The van der Waals surface area contributed by atoms with E-state index in [0.717, 1.165) is 62.2 Å². The maximum absolute atomic E-state index is 10.4. The second kappa shape index (κ2) is 6.56. The Bertz CT molecular complexity index is 574. The first kappa shape index (κ1) is 14.5. The van der Waals surface area contributed by atoms with Crippen molar-refractivity contribution in [3.05, 3.63) is 30.0 Å². The molecule has 1 unspecified atom stereocenters. The fraction of sp³-hybridized carbons (Fsp3) is 0.562. The molecule has 1 fully saturated rings. The number of rotatable bonds is 5. The zero-order valence-corrected chi connectivity index (χ0v) is 12.6. The van der Waals surface area contributed by atoms with Gasteiger partial charge in [-0.15, -0.1) is 0 Å². The zero-order chi connectivity index (χ0) is 14.7. The zero-order valence-electron chi connectivity index (χ0n) is 12.6. The summed E-state index contributed by atoms with van der Waals surface area (Å²) in [4.78, 5) is 4.92. The summed E-state index contributed by atoms with van der Waals surface area (Å²) in [6.07, 6.45) is 2.19. The Hall–Kier alpha value is -1.43. The van der Waals surface area contributed by atoms with Gasteiger partial charge in [-0.05, 0) is 30.7 Å². The van der Waals surface area contributed by atoms with E-state index in [1.165, 1.54) is 0 Å². The molecule has 3 rings (SSSR count). The number of H-pyrrole nitrogens is 1. The van der Waals surface area contributed by atoms with E-state index in [0.29, 0.717) is 0 Å². The summed E-state index contributed by atoms with van der Waals surface area (Å²) in [6, 6.07) is 6.00. The normalized spacial score (nSPS) is 19.1. The van der Waals surface area contributed by atoms with Crippen LogP contribution in [-0.4, -0.2) is 64.4 Å². The van der Waals surface area contributed by atoms with Gasteiger partial charge in [0.1, 0.15) is 0 Å². The van der Waals surface area contributed by atoms with Crippen LogP contribution in [0.15, 0.2) is 24.4 Å². The van der Waals surface area contributed by atoms with Crippen molar-refractivity contribution in [1.29, 1.82) is 0 Å². The van der Waals surface area contributed by atoms with Gasteiger partial charge in [0.05, 0.1) is 17.8 Å². The van der Waals surface area contributed by atoms with Crippen molar-refractivity contribution >= 4 is 10.9 Å². The molecule has 0 aliphatic carbocycles. The predicted molar refractivity (Wildman–Crippen MR) is 84.2 cm³/mol. The molecule has 1 saturated heterocycles. The number of hydrogen-bond donors (Lipinski definition) is 2. The number of nitrogens with one attached hydrogen (secondary N) is 1. The first-order valence-corrected chi connectivity index (χ1v) is 7.82. The minimum atomic E-state index is -0.395. The Balaban J connectivity index is 1.53. The minimum Gasteiger partial charge on any atom is -0.388 e. The number of aliphatic hydroxyl groups is 1. The Kier molecular flexibility index (Phi) is 4.53. The van der Waals surface area contributed by atoms with E-state index in [1.807, 2.05) is 18.2 Å². The topological polar surface area (TPSA) is 55.4 Å². The number of piperazine rings is 1. The average Bonchev–Trinajstić information content (AvgIpc) is 3.00. The lowest BCUT2D eigenvalue weighted by Gasteiger charge is -2.34. The summed E-state index contributed by atoms with van der Waals surface area (Å²) in [5.74, 6) is 0. The monoisotopic (exact) mass is 288 g/mol. The van der Waals surface area contributed by atoms with Crippen molar-refractivity contribution < 1.29 is 5.11 Å². The molecule has 0 radical (unpaired) electrons. The van der Waals surface area contributed by atoms with Crippen molar-refractivity contribution in [2.75, 3.05) is 39.3 Å². The Labute approximate surface area is 125 Å². The van der Waals surface area contributed by atoms with Crippen LogP contribution in [0.5, 0.6) is 0 Å². The molecule has 21 heavy (non-hydrogen) atoms. The van der Waals surface area contributed by atoms with E-state index >= 15 is 0 Å². The highest BCUT2D eigenvalue weighted by atomic mass is 16.3. The lowest BCUT2D eigenvalue weighted by atomic mass is 10.0. The molecule has 1 aliphatic rings. The number of nitrogens with zero attached hydrogens (tertiary/aromatic N) is 3. The smallest absolute Gasteiger partial charge is 0.0802 e. The number of aliphatic hydroxyl groups excluding tert-OH is 1. The van der Waals surface area contributed by atoms with Crippen molar-refractivity contribution in [3.8, 4) is 0 Å². The molecule has 1 aliphatic heterocycles. The van der Waals surface area contributed by atoms with Gasteiger partial charge < -0.3 is 14.9 Å². The lowest BCUT2D eigenvalue weighted by Crippen LogP contribution is -2.46. The highest BCUT2D eigenvalue weighted by Gasteiger charge is 2.17. The van der Waals surface area contributed by atoms with Crippen LogP contribution in [0.4, 0.5) is 0 Å². The van der Waals surface area contributed by atoms with Crippen LogP contribution >= 0.6 is 0 Å². The molecule has 1 aromatic carbocycles. The minimum absolute atomic E-state index is 0.395. The summed E-state index contributed by atoms with van der Waals surface area (Å²) in [6.45, 7) is 8.83. The van der Waals surface area contributed by atoms with E-state index in [2.05, 4.69) is 26.9 Å². The molecule has 0 spiro atoms. The standard InChI is InChI=1S/C16H24N4O/c1-2-19-7-9-20(10-8-19)6-5-16(21)13-3-4-15-14(11-13)12-17-18-15/h3-4,11-12,16,21H,2,5-10H2,1H3,(H,17,18). The van der Waals surface area contributed by atoms with Crippen LogP contribution in [-0.2, 0) is 0 Å². The lowest BCUT2D eigenvalue weighted by molar-refractivity contribution is 0.105. The summed E-state index contributed by atoms with van der Waals surface area (Å²) < 4.78 is 0. The molecule has 1 atom stereocenters. The molecule has 2 aromatic rings. The van der Waals surface area contributed by atoms with Gasteiger partial charge in [0.25, 0.3) is 0 Å². The van der Waals surface area contributed by atoms with E-state index in [-0.39, 0.29) is 0 Å². The van der Waals surface area contributed by atoms with Crippen LogP contribution in [0.3, 0.4) is 0 Å². The third kappa shape index (κ3) is 3.43. The van der Waals surface area contributed by atoms with Gasteiger partial charge in [-0.2, -0.15) is 5.10 Å². The van der Waals surface area contributed by atoms with Crippen LogP contribution < -0.4 is 0 Å². The number of likely N-dealkylation sites (N-methyl/N-ethyl adjacent to an activating group) is 1. The van der Waals surface area contributed by atoms with Crippen molar-refractivity contribution in [2.45, 2.75) is 19.4 Å². The van der Waals surface area contributed by atoms with E-state index in [1.54, 1.807) is 6.20 Å². The number of aromatic nitrogens is 2. The summed E-state index contributed by atoms with van der Waals surface area (Å²) in [7, 11) is 0. The predicted octanol–water partition coefficient (Wildman–Crippen LogP) is 1.62. The Morgan fingerprint density at radius 3 is 2.76 bits per heavy atom. The summed E-state index contributed by atoms with van der Waals surface area (Å²) in [5, 5.41) is 18.4. The molecular formula is C16H24N4O. The molecule has 1 aromatic heterocycles. The quantitative estimate of drug-likeness (QED) is 0.878. The van der Waals surface area contributed by atoms with Crippen LogP contribution in [0, 0.1) is 0 Å². The summed E-state index contributed by atoms with van der Waals surface area (Å²) >= 11 is 0. The molecule has 0 saturated carbocycles. The first-order valence-electron chi connectivity index (χ1n) is 7.82. The molecule has 2 N–H and O–H groups in total. The third-order valence-corrected chi connectivity index (χ3v) is 4.48. The molecule has 5 nitrogen and oxygen atoms in total. The Morgan fingerprint density at radius 2 is 2.00 bits per heavy atom. The number of aromatic amines is 1. The maximum atomic E-state index is 10.4. The fourth-order valence-electron chi connectivity index (χ4n) is 2.97. The third-order valence-electron chi connectivity index (χ3n) is 4.48. The van der Waals surface area contributed by atoms with E-state index < -0.39 is 6.10 Å². The van der Waals surface area contributed by atoms with Gasteiger partial charge in [-0.1, -0.05) is 13.0 Å². The van der Waals surface area contributed by atoms with Gasteiger partial charge in [-0.3, -0.25) is 5.10 Å². The van der Waals surface area contributed by atoms with E-state index in [9.17, 15) is 5.11 Å². The first-order chi connectivity index (χ1) is 10.3. The van der Waals surface area contributed by atoms with Crippen molar-refractivity contribution in [1.82, 2.24) is 20.0 Å². The van der Waals surface area contributed by atoms with Gasteiger partial charge >= 0.3 is 0 Å². The van der Waals surface area contributed by atoms with Crippen molar-refractivity contribution in [2.24, 2.45) is 0 Å². The summed E-state index contributed by atoms with van der Waals surface area (Å²) in [5.41, 5.74) is 2.00. The molecular weight excluding hydrogens is 264 g/mol. The molecule has 114 valence electrons. The van der Waals surface area contributed by atoms with Crippen LogP contribution in [0.2, 0.25) is 0 Å².